The number of carbonyl (C=O) groups excluding carboxylic acids is 2. The molecular formula is C19H21ClN2O5S. The Morgan fingerprint density at radius 1 is 1.14 bits per heavy atom. The number of nitrogens with one attached hydrogen (secondary N) is 1. The van der Waals surface area contributed by atoms with Gasteiger partial charge in [-0.15, -0.1) is 0 Å². The van der Waals surface area contributed by atoms with Gasteiger partial charge in [-0.05, 0) is 55.8 Å². The Hall–Kier alpha value is -2.58. The summed E-state index contributed by atoms with van der Waals surface area (Å²) in [6.07, 6.45) is 1.02. The van der Waals surface area contributed by atoms with Crippen molar-refractivity contribution in [3.8, 4) is 0 Å². The van der Waals surface area contributed by atoms with Gasteiger partial charge in [-0.3, -0.25) is 9.10 Å². The zero-order valence-electron chi connectivity index (χ0n) is 15.9. The maximum Gasteiger partial charge on any atom is 0.338 e. The van der Waals surface area contributed by atoms with Crippen molar-refractivity contribution in [3.05, 3.63) is 58.6 Å². The Balaban J connectivity index is 2.34. The van der Waals surface area contributed by atoms with Gasteiger partial charge >= 0.3 is 5.97 Å². The van der Waals surface area contributed by atoms with Crippen LogP contribution in [-0.2, 0) is 19.6 Å². The van der Waals surface area contributed by atoms with Crippen LogP contribution in [-0.4, -0.2) is 39.7 Å². The minimum atomic E-state index is -3.75. The number of benzene rings is 2. The molecule has 150 valence electrons. The Kier molecular flexibility index (Phi) is 6.69. The second-order valence-corrected chi connectivity index (χ2v) is 8.47. The fraction of sp³-hybridized carbons (Fsp3) is 0.263. The molecule has 0 aromatic heterocycles. The third kappa shape index (κ3) is 4.82. The van der Waals surface area contributed by atoms with Gasteiger partial charge in [0, 0.05) is 10.7 Å². The number of ether oxygens (including phenoxy) is 1. The van der Waals surface area contributed by atoms with Gasteiger partial charge in [-0.25, -0.2) is 13.2 Å². The average Bonchev–Trinajstić information content (AvgIpc) is 2.63. The van der Waals surface area contributed by atoms with E-state index in [1.54, 1.807) is 37.3 Å². The van der Waals surface area contributed by atoms with Crippen molar-refractivity contribution in [1.29, 1.82) is 0 Å². The van der Waals surface area contributed by atoms with E-state index in [9.17, 15) is 18.0 Å². The lowest BCUT2D eigenvalue weighted by Crippen LogP contribution is -2.45. The quantitative estimate of drug-likeness (QED) is 0.718. The van der Waals surface area contributed by atoms with Crippen LogP contribution < -0.4 is 9.62 Å². The van der Waals surface area contributed by atoms with Crippen molar-refractivity contribution in [2.24, 2.45) is 0 Å². The van der Waals surface area contributed by atoms with Gasteiger partial charge in [-0.2, -0.15) is 0 Å². The largest absolute Gasteiger partial charge is 0.465 e. The number of amides is 1. The van der Waals surface area contributed by atoms with E-state index in [4.69, 9.17) is 16.3 Å². The van der Waals surface area contributed by atoms with Crippen molar-refractivity contribution < 1.29 is 22.7 Å². The summed E-state index contributed by atoms with van der Waals surface area (Å²) in [6.45, 7) is 3.14. The third-order valence-electron chi connectivity index (χ3n) is 4.17. The number of anilines is 2. The molecule has 0 saturated carbocycles. The molecule has 0 bridgehead atoms. The third-order valence-corrected chi connectivity index (χ3v) is 5.66. The average molecular weight is 425 g/mol. The molecule has 28 heavy (non-hydrogen) atoms. The first-order chi connectivity index (χ1) is 13.1. The fourth-order valence-corrected chi connectivity index (χ4v) is 4.04. The van der Waals surface area contributed by atoms with Crippen molar-refractivity contribution in [3.63, 3.8) is 0 Å². The number of nitrogens with zero attached hydrogens (tertiary/aromatic N) is 1. The first kappa shape index (κ1) is 21.7. The molecule has 0 heterocycles. The lowest BCUT2D eigenvalue weighted by molar-refractivity contribution is -0.116. The number of carbonyl (C=O) groups is 2. The Labute approximate surface area is 169 Å². The van der Waals surface area contributed by atoms with Gasteiger partial charge in [0.25, 0.3) is 0 Å². The summed E-state index contributed by atoms with van der Waals surface area (Å²) < 4.78 is 30.4. The highest BCUT2D eigenvalue weighted by Crippen LogP contribution is 2.25. The minimum absolute atomic E-state index is 0.311. The van der Waals surface area contributed by atoms with E-state index < -0.39 is 27.9 Å². The number of hydrogen-bond donors (Lipinski definition) is 1. The molecule has 0 radical (unpaired) electrons. The van der Waals surface area contributed by atoms with Gasteiger partial charge in [0.1, 0.15) is 6.04 Å². The van der Waals surface area contributed by atoms with E-state index in [0.717, 1.165) is 10.6 Å². The zero-order valence-corrected chi connectivity index (χ0v) is 17.5. The summed E-state index contributed by atoms with van der Waals surface area (Å²) in [6, 6.07) is 9.90. The molecule has 2 rings (SSSR count). The first-order valence-electron chi connectivity index (χ1n) is 8.30. The number of rotatable bonds is 6. The maximum absolute atomic E-state index is 12.8. The topological polar surface area (TPSA) is 92.8 Å². The first-order valence-corrected chi connectivity index (χ1v) is 10.5. The smallest absolute Gasteiger partial charge is 0.338 e. The Morgan fingerprint density at radius 2 is 1.75 bits per heavy atom. The zero-order chi connectivity index (χ0) is 21.1. The molecule has 0 saturated heterocycles. The van der Waals surface area contributed by atoms with Gasteiger partial charge in [0.15, 0.2) is 0 Å². The van der Waals surface area contributed by atoms with Crippen LogP contribution in [0.5, 0.6) is 0 Å². The second kappa shape index (κ2) is 8.62. The van der Waals surface area contributed by atoms with Crippen LogP contribution in [0.1, 0.15) is 22.8 Å². The molecule has 0 aliphatic carbocycles. The number of halogens is 1. The van der Waals surface area contributed by atoms with Crippen molar-refractivity contribution >= 4 is 44.9 Å². The molecule has 1 unspecified atom stereocenters. The summed E-state index contributed by atoms with van der Waals surface area (Å²) >= 11 is 5.86. The van der Waals surface area contributed by atoms with Gasteiger partial charge < -0.3 is 10.1 Å². The van der Waals surface area contributed by atoms with E-state index in [1.165, 1.54) is 26.2 Å². The van der Waals surface area contributed by atoms with E-state index >= 15 is 0 Å². The molecule has 9 heteroatoms. The second-order valence-electron chi connectivity index (χ2n) is 6.17. The maximum atomic E-state index is 12.8. The molecule has 0 fully saturated rings. The van der Waals surface area contributed by atoms with Crippen LogP contribution in [0.3, 0.4) is 0 Å². The summed E-state index contributed by atoms with van der Waals surface area (Å²) in [5, 5.41) is 3.13. The summed E-state index contributed by atoms with van der Waals surface area (Å²) in [5.41, 5.74) is 1.54. The number of esters is 1. The molecular weight excluding hydrogens is 404 g/mol. The fourth-order valence-electron chi connectivity index (χ4n) is 2.74. The Bertz CT molecular complexity index is 990. The molecule has 1 atom stereocenters. The normalized spacial score (nSPS) is 12.2. The molecule has 0 aliphatic rings. The molecule has 1 amide bonds. The van der Waals surface area contributed by atoms with Crippen LogP contribution in [0.25, 0.3) is 0 Å². The van der Waals surface area contributed by atoms with Crippen LogP contribution in [0.4, 0.5) is 11.4 Å². The monoisotopic (exact) mass is 424 g/mol. The summed E-state index contributed by atoms with van der Waals surface area (Å²) in [5.74, 6) is -1.08. The molecule has 2 aromatic carbocycles. The highest BCUT2D eigenvalue weighted by atomic mass is 35.5. The van der Waals surface area contributed by atoms with Crippen molar-refractivity contribution in [2.75, 3.05) is 23.0 Å². The van der Waals surface area contributed by atoms with Crippen LogP contribution in [0.15, 0.2) is 42.5 Å². The van der Waals surface area contributed by atoms with E-state index in [-0.39, 0.29) is 0 Å². The van der Waals surface area contributed by atoms with E-state index in [0.29, 0.717) is 27.5 Å². The molecule has 0 aliphatic heterocycles. The minimum Gasteiger partial charge on any atom is -0.465 e. The van der Waals surface area contributed by atoms with Crippen LogP contribution in [0, 0.1) is 6.92 Å². The standard InChI is InChI=1S/C19H21ClN2O5S/c1-12-16(19(24)27-3)6-5-7-17(12)21-18(23)13(2)22(28(4,25)26)15-10-8-14(20)9-11-15/h5-11,13H,1-4H3,(H,21,23). The highest BCUT2D eigenvalue weighted by molar-refractivity contribution is 7.92. The Morgan fingerprint density at radius 3 is 2.29 bits per heavy atom. The number of hydrogen-bond acceptors (Lipinski definition) is 5. The van der Waals surface area contributed by atoms with Gasteiger partial charge in [0.2, 0.25) is 15.9 Å². The lowest BCUT2D eigenvalue weighted by atomic mass is 10.1. The van der Waals surface area contributed by atoms with E-state index in [2.05, 4.69) is 5.32 Å². The molecule has 0 spiro atoms. The molecule has 1 N–H and O–H groups in total. The van der Waals surface area contributed by atoms with Crippen molar-refractivity contribution in [2.45, 2.75) is 19.9 Å². The predicted molar refractivity (Wildman–Crippen MR) is 109 cm³/mol. The predicted octanol–water partition coefficient (Wildman–Crippen LogP) is 3.23. The summed E-state index contributed by atoms with van der Waals surface area (Å²) in [4.78, 5) is 24.6. The summed E-state index contributed by atoms with van der Waals surface area (Å²) in [7, 11) is -2.48. The van der Waals surface area contributed by atoms with Crippen LogP contribution in [0.2, 0.25) is 5.02 Å². The van der Waals surface area contributed by atoms with E-state index in [1.807, 2.05) is 0 Å². The van der Waals surface area contributed by atoms with Crippen LogP contribution >= 0.6 is 11.6 Å². The molecule has 7 nitrogen and oxygen atoms in total. The number of methoxy groups -OCH3 is 1. The molecule has 2 aromatic rings. The highest BCUT2D eigenvalue weighted by Gasteiger charge is 2.29. The van der Waals surface area contributed by atoms with Gasteiger partial charge in [0.05, 0.1) is 24.6 Å². The van der Waals surface area contributed by atoms with Gasteiger partial charge in [-0.1, -0.05) is 17.7 Å². The van der Waals surface area contributed by atoms with Crippen molar-refractivity contribution in [1.82, 2.24) is 0 Å². The SMILES string of the molecule is COC(=O)c1cccc(NC(=O)C(C)N(c2ccc(Cl)cc2)S(C)(=O)=O)c1C. The lowest BCUT2D eigenvalue weighted by Gasteiger charge is -2.28. The number of sulfonamides is 1.